The Balaban J connectivity index is 0.000000180. The van der Waals surface area contributed by atoms with Gasteiger partial charge in [0.05, 0.1) is 4.92 Å². The molecule has 100 valence electrons. The number of hydrogen-bond donors (Lipinski definition) is 1. The van der Waals surface area contributed by atoms with E-state index in [9.17, 15) is 15.2 Å². The lowest BCUT2D eigenvalue weighted by Crippen LogP contribution is -2.38. The van der Waals surface area contributed by atoms with Gasteiger partial charge in [-0.3, -0.25) is 15.0 Å². The quantitative estimate of drug-likeness (QED) is 0.615. The molecule has 0 aromatic heterocycles. The molecule has 2 atom stereocenters. The van der Waals surface area contributed by atoms with Crippen LogP contribution in [0.4, 0.5) is 5.69 Å². The molecule has 0 spiro atoms. The summed E-state index contributed by atoms with van der Waals surface area (Å²) in [7, 11) is 1.97. The molecule has 5 nitrogen and oxygen atoms in total. The first-order valence-corrected chi connectivity index (χ1v) is 6.08. The van der Waals surface area contributed by atoms with Crippen LogP contribution < -0.4 is 0 Å². The summed E-state index contributed by atoms with van der Waals surface area (Å²) in [6.45, 7) is 3.23. The van der Waals surface area contributed by atoms with Crippen LogP contribution in [0.25, 0.3) is 0 Å². The van der Waals surface area contributed by atoms with Crippen molar-refractivity contribution in [3.05, 3.63) is 40.4 Å². The molecule has 0 amide bonds. The van der Waals surface area contributed by atoms with Crippen molar-refractivity contribution in [1.29, 1.82) is 0 Å². The van der Waals surface area contributed by atoms with Crippen molar-refractivity contribution in [2.75, 3.05) is 13.6 Å². The maximum absolute atomic E-state index is 10.0. The van der Waals surface area contributed by atoms with Crippen LogP contribution in [0.5, 0.6) is 0 Å². The highest BCUT2D eigenvalue weighted by atomic mass is 16.6. The Kier molecular flexibility index (Phi) is 5.74. The molecule has 0 saturated carbocycles. The molecule has 2 unspecified atom stereocenters. The Hall–Kier alpha value is -1.46. The first kappa shape index (κ1) is 14.6. The number of nitro groups is 1. The highest BCUT2D eigenvalue weighted by Crippen LogP contribution is 2.18. The van der Waals surface area contributed by atoms with Crippen LogP contribution in [-0.4, -0.2) is 34.8 Å². The molecule has 1 saturated heterocycles. The van der Waals surface area contributed by atoms with Gasteiger partial charge in [-0.05, 0) is 25.8 Å². The highest BCUT2D eigenvalue weighted by Gasteiger charge is 2.20. The van der Waals surface area contributed by atoms with Gasteiger partial charge in [-0.15, -0.1) is 0 Å². The number of rotatable bonds is 1. The van der Waals surface area contributed by atoms with E-state index >= 15 is 0 Å². The summed E-state index contributed by atoms with van der Waals surface area (Å²) >= 11 is 0. The fourth-order valence-corrected chi connectivity index (χ4v) is 1.78. The fourth-order valence-electron chi connectivity index (χ4n) is 1.78. The summed E-state index contributed by atoms with van der Waals surface area (Å²) < 4.78 is 0. The minimum Gasteiger partial charge on any atom is -0.378 e. The number of piperidine rings is 1. The predicted molar refractivity (Wildman–Crippen MR) is 70.1 cm³/mol. The van der Waals surface area contributed by atoms with E-state index in [2.05, 4.69) is 6.92 Å². The normalized spacial score (nSPS) is 23.9. The molecule has 1 aliphatic rings. The maximum atomic E-state index is 10.0. The number of non-ortho nitro benzene ring substituents is 1. The van der Waals surface area contributed by atoms with E-state index in [1.807, 2.05) is 11.9 Å². The molecule has 1 aliphatic heterocycles. The van der Waals surface area contributed by atoms with E-state index < -0.39 is 4.92 Å². The van der Waals surface area contributed by atoms with Crippen LogP contribution in [0, 0.1) is 16.0 Å². The number of hydrogen-bond acceptors (Lipinski definition) is 4. The van der Waals surface area contributed by atoms with Gasteiger partial charge in [0.2, 0.25) is 0 Å². The van der Waals surface area contributed by atoms with E-state index in [0.717, 1.165) is 13.0 Å². The molecule has 2 rings (SSSR count). The summed E-state index contributed by atoms with van der Waals surface area (Å²) in [5.74, 6) is 0.705. The van der Waals surface area contributed by atoms with E-state index in [1.54, 1.807) is 18.2 Å². The van der Waals surface area contributed by atoms with E-state index in [4.69, 9.17) is 0 Å². The number of benzene rings is 1. The van der Waals surface area contributed by atoms with Crippen molar-refractivity contribution in [2.24, 2.45) is 5.92 Å². The van der Waals surface area contributed by atoms with Crippen molar-refractivity contribution in [3.8, 4) is 0 Å². The largest absolute Gasteiger partial charge is 0.378 e. The molecule has 1 fully saturated rings. The molecule has 1 N–H and O–H groups in total. The van der Waals surface area contributed by atoms with Gasteiger partial charge in [-0.25, -0.2) is 0 Å². The minimum absolute atomic E-state index is 0.137. The molecule has 5 heteroatoms. The van der Waals surface area contributed by atoms with Crippen LogP contribution in [-0.2, 0) is 0 Å². The summed E-state index contributed by atoms with van der Waals surface area (Å²) in [6.07, 6.45) is 1.98. The van der Waals surface area contributed by atoms with Crippen LogP contribution in [0.1, 0.15) is 19.8 Å². The molecule has 18 heavy (non-hydrogen) atoms. The number of aliphatic hydroxyl groups is 1. The standard InChI is InChI=1S/C7H15NO.C6H5NO2/c1-6-3-4-8(2)7(9)5-6;8-7(9)6-4-2-1-3-5-6/h6-7,9H,3-5H2,1-2H3;1-5H. The average Bonchev–Trinajstić information content (AvgIpc) is 2.36. The Morgan fingerprint density at radius 1 is 1.39 bits per heavy atom. The topological polar surface area (TPSA) is 66.6 Å². The smallest absolute Gasteiger partial charge is 0.269 e. The van der Waals surface area contributed by atoms with Gasteiger partial charge in [-0.1, -0.05) is 25.1 Å². The molecular weight excluding hydrogens is 232 g/mol. The van der Waals surface area contributed by atoms with Crippen LogP contribution in [0.2, 0.25) is 0 Å². The third-order valence-corrected chi connectivity index (χ3v) is 3.06. The molecule has 1 aromatic rings. The third-order valence-electron chi connectivity index (χ3n) is 3.06. The number of likely N-dealkylation sites (tertiary alicyclic amines) is 1. The summed E-state index contributed by atoms with van der Waals surface area (Å²) in [5.41, 5.74) is 0.137. The average molecular weight is 252 g/mol. The Morgan fingerprint density at radius 2 is 2.00 bits per heavy atom. The lowest BCUT2D eigenvalue weighted by atomic mass is 9.98. The zero-order chi connectivity index (χ0) is 13.5. The van der Waals surface area contributed by atoms with Crippen molar-refractivity contribution in [3.63, 3.8) is 0 Å². The van der Waals surface area contributed by atoms with Crippen molar-refractivity contribution in [1.82, 2.24) is 4.90 Å². The lowest BCUT2D eigenvalue weighted by molar-refractivity contribution is -0.384. The Morgan fingerprint density at radius 3 is 2.39 bits per heavy atom. The number of para-hydroxylation sites is 1. The second-order valence-corrected chi connectivity index (χ2v) is 4.68. The second-order valence-electron chi connectivity index (χ2n) is 4.68. The monoisotopic (exact) mass is 252 g/mol. The first-order valence-electron chi connectivity index (χ1n) is 6.08. The van der Waals surface area contributed by atoms with Gasteiger partial charge < -0.3 is 5.11 Å². The van der Waals surface area contributed by atoms with E-state index in [0.29, 0.717) is 5.92 Å². The lowest BCUT2D eigenvalue weighted by Gasteiger charge is -2.31. The van der Waals surface area contributed by atoms with Gasteiger partial charge in [0.1, 0.15) is 6.23 Å². The molecule has 0 radical (unpaired) electrons. The highest BCUT2D eigenvalue weighted by molar-refractivity contribution is 5.27. The number of nitrogens with zero attached hydrogens (tertiary/aromatic N) is 2. The number of nitro benzene ring substituents is 1. The molecule has 0 bridgehead atoms. The van der Waals surface area contributed by atoms with Crippen LogP contribution in [0.15, 0.2) is 30.3 Å². The zero-order valence-corrected chi connectivity index (χ0v) is 10.8. The van der Waals surface area contributed by atoms with E-state index in [1.165, 1.54) is 18.6 Å². The Bertz CT molecular complexity index is 370. The van der Waals surface area contributed by atoms with Gasteiger partial charge in [0.15, 0.2) is 0 Å². The fraction of sp³-hybridized carbons (Fsp3) is 0.538. The Labute approximate surface area is 107 Å². The summed E-state index contributed by atoms with van der Waals surface area (Å²) in [5, 5.41) is 19.3. The molecular formula is C13H20N2O3. The van der Waals surface area contributed by atoms with Gasteiger partial charge in [0, 0.05) is 18.7 Å². The van der Waals surface area contributed by atoms with Crippen molar-refractivity contribution in [2.45, 2.75) is 26.0 Å². The van der Waals surface area contributed by atoms with Crippen LogP contribution in [0.3, 0.4) is 0 Å². The zero-order valence-electron chi connectivity index (χ0n) is 10.8. The summed E-state index contributed by atoms with van der Waals surface area (Å²) in [4.78, 5) is 11.6. The third kappa shape index (κ3) is 4.81. The minimum atomic E-state index is -0.417. The summed E-state index contributed by atoms with van der Waals surface area (Å²) in [6, 6.07) is 7.93. The van der Waals surface area contributed by atoms with Crippen molar-refractivity contribution >= 4 is 5.69 Å². The van der Waals surface area contributed by atoms with Crippen LogP contribution >= 0.6 is 0 Å². The predicted octanol–water partition coefficient (Wildman–Crippen LogP) is 2.26. The second kappa shape index (κ2) is 7.08. The first-order chi connectivity index (χ1) is 8.50. The molecule has 1 heterocycles. The molecule has 1 aromatic carbocycles. The number of aliphatic hydroxyl groups excluding tert-OH is 1. The van der Waals surface area contributed by atoms with Gasteiger partial charge in [-0.2, -0.15) is 0 Å². The van der Waals surface area contributed by atoms with E-state index in [-0.39, 0.29) is 11.9 Å². The van der Waals surface area contributed by atoms with Crippen molar-refractivity contribution < 1.29 is 10.0 Å². The van der Waals surface area contributed by atoms with Gasteiger partial charge in [0.25, 0.3) is 5.69 Å². The SMILES string of the molecule is CC1CCN(C)C(O)C1.O=[N+]([O-])c1ccccc1. The van der Waals surface area contributed by atoms with Gasteiger partial charge >= 0.3 is 0 Å². The maximum Gasteiger partial charge on any atom is 0.269 e. The molecule has 0 aliphatic carbocycles.